The van der Waals surface area contributed by atoms with Crippen molar-refractivity contribution in [1.29, 1.82) is 0 Å². The molecule has 0 saturated carbocycles. The van der Waals surface area contributed by atoms with E-state index in [2.05, 4.69) is 20.1 Å². The molecule has 2 aliphatic rings. The average molecular weight is 709 g/mol. The first kappa shape index (κ1) is 34.6. The van der Waals surface area contributed by atoms with Gasteiger partial charge in [0.05, 0.1) is 16.8 Å². The number of nitrogens with one attached hydrogen (secondary N) is 4. The molecule has 2 unspecified atom stereocenters. The van der Waals surface area contributed by atoms with E-state index in [1.54, 1.807) is 24.3 Å². The third-order valence-electron chi connectivity index (χ3n) is 7.33. The third kappa shape index (κ3) is 8.49. The van der Waals surface area contributed by atoms with E-state index in [4.69, 9.17) is 34.8 Å². The number of hydrogen-bond acceptors (Lipinski definition) is 9. The normalized spacial score (nSPS) is 19.7. The van der Waals surface area contributed by atoms with Crippen LogP contribution in [0.2, 0.25) is 5.02 Å². The molecule has 0 radical (unpaired) electrons. The van der Waals surface area contributed by atoms with E-state index < -0.39 is 57.0 Å². The largest absolute Gasteiger partial charge is 0.480 e. The van der Waals surface area contributed by atoms with Gasteiger partial charge in [-0.15, -0.1) is 23.2 Å². The summed E-state index contributed by atoms with van der Waals surface area (Å²) in [6.07, 6.45) is 1.06. The van der Waals surface area contributed by atoms with Crippen molar-refractivity contribution in [2.75, 3.05) is 11.9 Å². The smallest absolute Gasteiger partial charge is 0.326 e. The molecule has 4 rings (SSSR count). The van der Waals surface area contributed by atoms with Crippen LogP contribution in [0.5, 0.6) is 0 Å². The Morgan fingerprint density at radius 1 is 1.14 bits per heavy atom. The van der Waals surface area contributed by atoms with Gasteiger partial charge >= 0.3 is 11.9 Å². The van der Waals surface area contributed by atoms with E-state index in [0.717, 1.165) is 5.56 Å². The maximum Gasteiger partial charge on any atom is 0.326 e. The summed E-state index contributed by atoms with van der Waals surface area (Å²) in [6, 6.07) is 7.18. The van der Waals surface area contributed by atoms with E-state index in [1.807, 2.05) is 0 Å². The lowest BCUT2D eigenvalue weighted by molar-refractivity contribution is -0.149. The highest BCUT2D eigenvalue weighted by Gasteiger charge is 2.37. The number of carboxylic acid groups (broad SMARTS) is 2. The number of fused-ring (bicyclic) bond motifs is 1. The molecule has 1 amide bonds. The number of carboxylic acids is 2. The van der Waals surface area contributed by atoms with Crippen molar-refractivity contribution in [1.82, 2.24) is 19.7 Å². The molecule has 240 valence electrons. The molecule has 0 aromatic heterocycles. The maximum absolute atomic E-state index is 13.1. The van der Waals surface area contributed by atoms with Gasteiger partial charge in [0.15, 0.2) is 0 Å². The van der Waals surface area contributed by atoms with Crippen molar-refractivity contribution in [3.8, 4) is 0 Å². The number of hydrogen-bond donors (Lipinski definition) is 6. The lowest BCUT2D eigenvalue weighted by Crippen LogP contribution is -2.53. The number of carbonyl (C=O) groups is 3. The second-order valence-electron chi connectivity index (χ2n) is 10.4. The number of aliphatic carboxylic acids is 2. The fourth-order valence-electron chi connectivity index (χ4n) is 4.95. The zero-order valence-corrected chi connectivity index (χ0v) is 27.3. The summed E-state index contributed by atoms with van der Waals surface area (Å²) in [5.41, 5.74) is 2.09. The molecule has 6 N–H and O–H groups in total. The summed E-state index contributed by atoms with van der Waals surface area (Å²) in [5.74, 6) is -2.64. The monoisotopic (exact) mass is 707 g/mol. The summed E-state index contributed by atoms with van der Waals surface area (Å²) < 4.78 is 31.7. The quantitative estimate of drug-likeness (QED) is 0.133. The predicted molar refractivity (Wildman–Crippen MR) is 169 cm³/mol. The van der Waals surface area contributed by atoms with Crippen molar-refractivity contribution in [3.05, 3.63) is 52.5 Å². The number of carbonyl (C=O) groups excluding carboxylic acids is 1. The molecule has 17 heteroatoms. The van der Waals surface area contributed by atoms with Gasteiger partial charge in [0.2, 0.25) is 15.9 Å². The molecular formula is C27H32Cl3N5O7S2. The van der Waals surface area contributed by atoms with Crippen LogP contribution in [0.1, 0.15) is 37.3 Å². The molecular weight excluding hydrogens is 677 g/mol. The molecule has 4 atom stereocenters. The van der Waals surface area contributed by atoms with Crippen LogP contribution in [-0.2, 0) is 37.4 Å². The molecule has 2 aromatic carbocycles. The number of alkyl halides is 2. The van der Waals surface area contributed by atoms with Crippen LogP contribution < -0.4 is 20.1 Å². The number of aryl methyl sites for hydroxylation is 1. The van der Waals surface area contributed by atoms with E-state index in [0.29, 0.717) is 42.0 Å². The highest BCUT2D eigenvalue weighted by atomic mass is 35.5. The van der Waals surface area contributed by atoms with Gasteiger partial charge < -0.3 is 20.4 Å². The lowest BCUT2D eigenvalue weighted by Gasteiger charge is -2.28. The van der Waals surface area contributed by atoms with Gasteiger partial charge in [-0.1, -0.05) is 35.9 Å². The molecule has 44 heavy (non-hydrogen) atoms. The van der Waals surface area contributed by atoms with Gasteiger partial charge in [-0.3, -0.25) is 14.9 Å². The van der Waals surface area contributed by atoms with Crippen LogP contribution >= 0.6 is 46.8 Å². The topological polar surface area (TPSA) is 177 Å². The van der Waals surface area contributed by atoms with Crippen LogP contribution in [0.4, 0.5) is 5.69 Å². The zero-order chi connectivity index (χ0) is 32.2. The number of nitrogens with zero attached hydrogens (tertiary/aromatic N) is 1. The maximum atomic E-state index is 13.1. The predicted octanol–water partition coefficient (Wildman–Crippen LogP) is 3.41. The minimum atomic E-state index is -3.97. The Morgan fingerprint density at radius 3 is 2.45 bits per heavy atom. The van der Waals surface area contributed by atoms with Crippen molar-refractivity contribution in [2.24, 2.45) is 0 Å². The number of sulfonamides is 1. The molecule has 0 bridgehead atoms. The zero-order valence-electron chi connectivity index (χ0n) is 23.4. The molecule has 2 aliphatic heterocycles. The molecule has 1 saturated heterocycles. The van der Waals surface area contributed by atoms with Crippen molar-refractivity contribution < 1.29 is 33.0 Å². The molecule has 1 fully saturated rings. The molecule has 2 aromatic rings. The van der Waals surface area contributed by atoms with Crippen molar-refractivity contribution >= 4 is 80.3 Å². The number of anilines is 1. The summed E-state index contributed by atoms with van der Waals surface area (Å²) in [5, 5.41) is 25.0. The van der Waals surface area contributed by atoms with Crippen LogP contribution in [0, 0.1) is 0 Å². The summed E-state index contributed by atoms with van der Waals surface area (Å²) in [4.78, 5) is 37.2. The number of halogens is 3. The molecule has 0 spiro atoms. The van der Waals surface area contributed by atoms with Crippen molar-refractivity contribution in [3.63, 3.8) is 0 Å². The van der Waals surface area contributed by atoms with Crippen LogP contribution in [0.15, 0.2) is 46.2 Å². The number of amides is 1. The van der Waals surface area contributed by atoms with Crippen LogP contribution in [-0.4, -0.2) is 77.0 Å². The standard InChI is InChI=1S/C27H32Cl3N5O7S2/c1-14(25(36)35-10-2-3-20(35)27(39)40)32-18(26(37)38)9-8-15-4-6-16(7-5-15)13-31-44(41,42)22-12-21-19(11-17(22)28)33-24(23(29)30)34-43-21/h4-7,11-12,14,18,20,23-24,31-34H,2-3,8-10,13H2,1H3,(H,37,38)(H,39,40)/t14-,18?,20-,24?/m0/s1. The van der Waals surface area contributed by atoms with Gasteiger partial charge in [0.25, 0.3) is 0 Å². The third-order valence-corrected chi connectivity index (χ3v) is 10.6. The average Bonchev–Trinajstić information content (AvgIpc) is 3.48. The first-order valence-corrected chi connectivity index (χ1v) is 17.2. The minimum absolute atomic E-state index is 0.00527. The van der Waals surface area contributed by atoms with E-state index in [1.165, 1.54) is 35.9 Å². The number of likely N-dealkylation sites (tertiary alicyclic amines) is 1. The van der Waals surface area contributed by atoms with Gasteiger partial charge in [0.1, 0.15) is 28.0 Å². The van der Waals surface area contributed by atoms with Crippen molar-refractivity contribution in [2.45, 2.75) is 78.1 Å². The first-order valence-electron chi connectivity index (χ1n) is 13.7. The second-order valence-corrected chi connectivity index (χ2v) is 14.6. The summed E-state index contributed by atoms with van der Waals surface area (Å²) in [7, 11) is -3.97. The second kappa shape index (κ2) is 14.9. The molecule has 12 nitrogen and oxygen atoms in total. The Hall–Kier alpha value is -2.30. The number of benzene rings is 2. The Balaban J connectivity index is 1.31. The number of rotatable bonds is 13. The summed E-state index contributed by atoms with van der Waals surface area (Å²) >= 11 is 19.3. The Morgan fingerprint density at radius 2 is 1.82 bits per heavy atom. The Labute approximate surface area is 274 Å². The highest BCUT2D eigenvalue weighted by Crippen LogP contribution is 2.37. The molecule has 0 aliphatic carbocycles. The SMILES string of the molecule is C[C@H](NC(CCc1ccc(CNS(=O)(=O)c2cc3c(cc2Cl)NC(C(Cl)Cl)NS3)cc1)C(=O)O)C(=O)N1CCC[C@H]1C(=O)O. The Kier molecular flexibility index (Phi) is 11.7. The highest BCUT2D eigenvalue weighted by molar-refractivity contribution is 7.97. The fourth-order valence-corrected chi connectivity index (χ4v) is 7.85. The Bertz CT molecular complexity index is 1500. The summed E-state index contributed by atoms with van der Waals surface area (Å²) in [6.45, 7) is 1.84. The van der Waals surface area contributed by atoms with E-state index in [9.17, 15) is 33.0 Å². The van der Waals surface area contributed by atoms with Gasteiger partial charge in [0, 0.05) is 18.0 Å². The van der Waals surface area contributed by atoms with Gasteiger partial charge in [-0.05, 0) is 67.8 Å². The molecule has 2 heterocycles. The first-order chi connectivity index (χ1) is 20.8. The van der Waals surface area contributed by atoms with E-state index >= 15 is 0 Å². The van der Waals surface area contributed by atoms with E-state index in [-0.39, 0.29) is 22.9 Å². The minimum Gasteiger partial charge on any atom is -0.480 e. The fraction of sp³-hybridized carbons (Fsp3) is 0.444. The van der Waals surface area contributed by atoms with Gasteiger partial charge in [-0.2, -0.15) is 0 Å². The van der Waals surface area contributed by atoms with Gasteiger partial charge in [-0.25, -0.2) is 22.7 Å². The van der Waals surface area contributed by atoms with Crippen LogP contribution in [0.25, 0.3) is 0 Å². The van der Waals surface area contributed by atoms with Crippen LogP contribution in [0.3, 0.4) is 0 Å². The lowest BCUT2D eigenvalue weighted by atomic mass is 10.0.